The Balaban J connectivity index is 1.88. The van der Waals surface area contributed by atoms with Crippen LogP contribution in [0.2, 0.25) is 0 Å². The van der Waals surface area contributed by atoms with E-state index in [-0.39, 0.29) is 6.10 Å². The molecule has 2 rings (SSSR count). The van der Waals surface area contributed by atoms with Gasteiger partial charge in [-0.25, -0.2) is 4.98 Å². The Bertz CT molecular complexity index is 505. The summed E-state index contributed by atoms with van der Waals surface area (Å²) in [6.07, 6.45) is 4.76. The number of hydrogen-bond acceptors (Lipinski definition) is 4. The van der Waals surface area contributed by atoms with Gasteiger partial charge in [0.05, 0.1) is 30.9 Å². The third-order valence-electron chi connectivity index (χ3n) is 3.34. The molecule has 1 N–H and O–H groups in total. The van der Waals surface area contributed by atoms with Gasteiger partial charge in [-0.15, -0.1) is 0 Å². The fourth-order valence-corrected chi connectivity index (χ4v) is 2.20. The van der Waals surface area contributed by atoms with Crippen molar-refractivity contribution in [1.82, 2.24) is 14.9 Å². The zero-order chi connectivity index (χ0) is 15.1. The molecule has 2 aromatic rings. The predicted octanol–water partition coefficient (Wildman–Crippen LogP) is 3.13. The van der Waals surface area contributed by atoms with Crippen LogP contribution >= 0.6 is 0 Å². The van der Waals surface area contributed by atoms with E-state index in [1.54, 1.807) is 12.6 Å². The number of aryl methyl sites for hydroxylation is 1. The molecular weight excluding hydrogens is 266 g/mol. The highest BCUT2D eigenvalue weighted by atomic mass is 16.5. The number of ether oxygens (including phenoxy) is 1. The molecule has 0 bridgehead atoms. The van der Waals surface area contributed by atoms with Crippen molar-refractivity contribution in [2.24, 2.45) is 0 Å². The second-order valence-electron chi connectivity index (χ2n) is 5.54. The van der Waals surface area contributed by atoms with Gasteiger partial charge in [0, 0.05) is 25.4 Å². The minimum atomic E-state index is 0.289. The van der Waals surface area contributed by atoms with Crippen molar-refractivity contribution in [3.05, 3.63) is 41.9 Å². The normalized spacial score (nSPS) is 11.7. The summed E-state index contributed by atoms with van der Waals surface area (Å²) >= 11 is 0. The monoisotopic (exact) mass is 291 g/mol. The number of aromatic nitrogens is 2. The van der Waals surface area contributed by atoms with Crippen LogP contribution in [0, 0.1) is 6.92 Å². The van der Waals surface area contributed by atoms with Crippen LogP contribution in [0.5, 0.6) is 0 Å². The second-order valence-corrected chi connectivity index (χ2v) is 5.54. The molecule has 0 unspecified atom stereocenters. The highest BCUT2D eigenvalue weighted by Gasteiger charge is 2.12. The number of imidazole rings is 1. The van der Waals surface area contributed by atoms with Crippen LogP contribution in [0.25, 0.3) is 0 Å². The van der Waals surface area contributed by atoms with E-state index in [2.05, 4.69) is 35.6 Å². The molecule has 0 aliphatic carbocycles. The van der Waals surface area contributed by atoms with Gasteiger partial charge in [-0.3, -0.25) is 4.90 Å². The van der Waals surface area contributed by atoms with Gasteiger partial charge in [0.25, 0.3) is 0 Å². The van der Waals surface area contributed by atoms with Crippen LogP contribution in [0.15, 0.2) is 29.1 Å². The average Bonchev–Trinajstić information content (AvgIpc) is 3.07. The lowest BCUT2D eigenvalue weighted by molar-refractivity contribution is 0.0685. The maximum atomic E-state index is 5.61. The predicted molar refractivity (Wildman–Crippen MR) is 81.9 cm³/mol. The minimum absolute atomic E-state index is 0.289. The first-order chi connectivity index (χ1) is 10.1. The van der Waals surface area contributed by atoms with Gasteiger partial charge in [0.15, 0.2) is 0 Å². The molecule has 0 saturated heterocycles. The van der Waals surface area contributed by atoms with Crippen molar-refractivity contribution in [3.63, 3.8) is 0 Å². The standard InChI is InChI=1S/C16H25N3O2/c1-13(2)20-9-5-7-19(10-15-6-4-8-21-15)11-16-14(3)17-12-18-16/h4,6,8,12-13H,5,7,9-11H2,1-3H3,(H,17,18). The number of furan rings is 1. The average molecular weight is 291 g/mol. The van der Waals surface area contributed by atoms with Gasteiger partial charge in [0.2, 0.25) is 0 Å². The van der Waals surface area contributed by atoms with Crippen LogP contribution in [0.3, 0.4) is 0 Å². The lowest BCUT2D eigenvalue weighted by Gasteiger charge is -2.21. The van der Waals surface area contributed by atoms with Gasteiger partial charge in [-0.2, -0.15) is 0 Å². The van der Waals surface area contributed by atoms with Crippen molar-refractivity contribution < 1.29 is 9.15 Å². The van der Waals surface area contributed by atoms with E-state index in [1.807, 2.05) is 12.1 Å². The van der Waals surface area contributed by atoms with E-state index in [4.69, 9.17) is 9.15 Å². The Morgan fingerprint density at radius 2 is 2.24 bits per heavy atom. The SMILES string of the molecule is Cc1[nH]cnc1CN(CCCOC(C)C)Cc1ccco1. The summed E-state index contributed by atoms with van der Waals surface area (Å²) in [7, 11) is 0. The van der Waals surface area contributed by atoms with E-state index >= 15 is 0 Å². The molecule has 2 aromatic heterocycles. The fraction of sp³-hybridized carbons (Fsp3) is 0.562. The lowest BCUT2D eigenvalue weighted by Crippen LogP contribution is -2.25. The van der Waals surface area contributed by atoms with E-state index in [0.29, 0.717) is 0 Å². The molecule has 0 aromatic carbocycles. The first-order valence-electron chi connectivity index (χ1n) is 7.50. The van der Waals surface area contributed by atoms with Crippen LogP contribution < -0.4 is 0 Å². The van der Waals surface area contributed by atoms with Gasteiger partial charge < -0.3 is 14.1 Å². The summed E-state index contributed by atoms with van der Waals surface area (Å²) in [6.45, 7) is 9.53. The zero-order valence-electron chi connectivity index (χ0n) is 13.1. The van der Waals surface area contributed by atoms with Crippen molar-refractivity contribution in [3.8, 4) is 0 Å². The molecule has 0 atom stereocenters. The highest BCUT2D eigenvalue weighted by molar-refractivity contribution is 5.08. The fourth-order valence-electron chi connectivity index (χ4n) is 2.20. The summed E-state index contributed by atoms with van der Waals surface area (Å²) < 4.78 is 11.1. The topological polar surface area (TPSA) is 54.3 Å². The maximum Gasteiger partial charge on any atom is 0.117 e. The summed E-state index contributed by atoms with van der Waals surface area (Å²) in [5, 5.41) is 0. The largest absolute Gasteiger partial charge is 0.468 e. The van der Waals surface area contributed by atoms with Crippen molar-refractivity contribution >= 4 is 0 Å². The van der Waals surface area contributed by atoms with Gasteiger partial charge in [-0.1, -0.05) is 0 Å². The molecule has 0 saturated carbocycles. The first-order valence-corrected chi connectivity index (χ1v) is 7.50. The summed E-state index contributed by atoms with van der Waals surface area (Å²) in [5.41, 5.74) is 2.21. The van der Waals surface area contributed by atoms with Crippen molar-refractivity contribution in [2.75, 3.05) is 13.2 Å². The molecule has 21 heavy (non-hydrogen) atoms. The van der Waals surface area contributed by atoms with Crippen LogP contribution in [-0.4, -0.2) is 34.1 Å². The van der Waals surface area contributed by atoms with Crippen LogP contribution in [0.1, 0.15) is 37.4 Å². The quantitative estimate of drug-likeness (QED) is 0.721. The van der Waals surface area contributed by atoms with Crippen LogP contribution in [0.4, 0.5) is 0 Å². The molecule has 0 fully saturated rings. The molecule has 5 heteroatoms. The number of hydrogen-bond donors (Lipinski definition) is 1. The molecule has 0 spiro atoms. The highest BCUT2D eigenvalue weighted by Crippen LogP contribution is 2.11. The molecule has 0 amide bonds. The number of H-pyrrole nitrogens is 1. The molecule has 2 heterocycles. The van der Waals surface area contributed by atoms with Crippen molar-refractivity contribution in [2.45, 2.75) is 46.4 Å². The summed E-state index contributed by atoms with van der Waals surface area (Å²) in [6, 6.07) is 3.93. The maximum absolute atomic E-state index is 5.61. The number of aromatic amines is 1. The molecular formula is C16H25N3O2. The van der Waals surface area contributed by atoms with Gasteiger partial charge >= 0.3 is 0 Å². The Morgan fingerprint density at radius 1 is 1.38 bits per heavy atom. The van der Waals surface area contributed by atoms with Crippen LogP contribution in [-0.2, 0) is 17.8 Å². The third-order valence-corrected chi connectivity index (χ3v) is 3.34. The van der Waals surface area contributed by atoms with E-state index in [9.17, 15) is 0 Å². The number of rotatable bonds is 9. The smallest absolute Gasteiger partial charge is 0.117 e. The molecule has 0 radical (unpaired) electrons. The summed E-state index contributed by atoms with van der Waals surface area (Å²) in [5.74, 6) is 0.980. The van der Waals surface area contributed by atoms with E-state index in [0.717, 1.165) is 49.8 Å². The summed E-state index contributed by atoms with van der Waals surface area (Å²) in [4.78, 5) is 9.85. The van der Waals surface area contributed by atoms with E-state index in [1.165, 1.54) is 0 Å². The van der Waals surface area contributed by atoms with Gasteiger partial charge in [-0.05, 0) is 39.3 Å². The van der Waals surface area contributed by atoms with Crippen molar-refractivity contribution in [1.29, 1.82) is 0 Å². The Morgan fingerprint density at radius 3 is 2.86 bits per heavy atom. The zero-order valence-corrected chi connectivity index (χ0v) is 13.1. The Labute approximate surface area is 126 Å². The third kappa shape index (κ3) is 5.36. The molecule has 0 aliphatic rings. The molecule has 116 valence electrons. The molecule has 0 aliphatic heterocycles. The van der Waals surface area contributed by atoms with E-state index < -0.39 is 0 Å². The Kier molecular flexibility index (Phi) is 6.02. The Hall–Kier alpha value is -1.59. The minimum Gasteiger partial charge on any atom is -0.468 e. The number of nitrogens with zero attached hydrogens (tertiary/aromatic N) is 2. The lowest BCUT2D eigenvalue weighted by atomic mass is 10.3. The first kappa shape index (κ1) is 15.8. The molecule has 5 nitrogen and oxygen atoms in total. The number of nitrogens with one attached hydrogen (secondary N) is 1. The van der Waals surface area contributed by atoms with Gasteiger partial charge in [0.1, 0.15) is 5.76 Å². The second kappa shape index (κ2) is 8.00.